The van der Waals surface area contributed by atoms with Crippen LogP contribution >= 0.6 is 11.6 Å². The largest absolute Gasteiger partial charge is 0.496 e. The number of hydrogen-bond donors (Lipinski definition) is 0. The van der Waals surface area contributed by atoms with Gasteiger partial charge >= 0.3 is 0 Å². The molecule has 1 saturated heterocycles. The number of aromatic nitrogens is 1. The molecule has 2 aromatic carbocycles. The molecule has 7 heteroatoms. The van der Waals surface area contributed by atoms with Gasteiger partial charge in [0.2, 0.25) is 0 Å². The van der Waals surface area contributed by atoms with E-state index in [-0.39, 0.29) is 11.5 Å². The van der Waals surface area contributed by atoms with Crippen LogP contribution < -0.4 is 10.3 Å². The van der Waals surface area contributed by atoms with E-state index in [1.54, 1.807) is 18.7 Å². The van der Waals surface area contributed by atoms with Gasteiger partial charge in [0.1, 0.15) is 5.75 Å². The van der Waals surface area contributed by atoms with Crippen molar-refractivity contribution in [2.45, 2.75) is 6.54 Å². The number of nitrogens with zero attached hydrogens (tertiary/aromatic N) is 3. The van der Waals surface area contributed by atoms with Gasteiger partial charge in [-0.1, -0.05) is 29.8 Å². The Hall–Kier alpha value is -2.83. The molecule has 0 spiro atoms. The van der Waals surface area contributed by atoms with E-state index in [1.807, 2.05) is 47.4 Å². The third kappa shape index (κ3) is 3.93. The van der Waals surface area contributed by atoms with E-state index >= 15 is 0 Å². The molecular formula is C23H24ClN3O3. The van der Waals surface area contributed by atoms with Crippen molar-refractivity contribution < 1.29 is 9.53 Å². The molecule has 2 heterocycles. The number of para-hydroxylation sites is 1. The summed E-state index contributed by atoms with van der Waals surface area (Å²) in [7, 11) is 3.37. The maximum Gasteiger partial charge on any atom is 0.254 e. The summed E-state index contributed by atoms with van der Waals surface area (Å²) in [6.07, 6.45) is 0. The van der Waals surface area contributed by atoms with Crippen molar-refractivity contribution in [2.24, 2.45) is 7.05 Å². The molecule has 0 radical (unpaired) electrons. The maximum absolute atomic E-state index is 13.2. The average Bonchev–Trinajstić information content (AvgIpc) is 2.76. The van der Waals surface area contributed by atoms with Gasteiger partial charge in [-0.15, -0.1) is 0 Å². The summed E-state index contributed by atoms with van der Waals surface area (Å²) in [6.45, 7) is 3.39. The van der Waals surface area contributed by atoms with Gasteiger partial charge in [0, 0.05) is 61.8 Å². The van der Waals surface area contributed by atoms with Gasteiger partial charge in [-0.25, -0.2) is 0 Å². The number of carbonyl (C=O) groups is 1. The molecular weight excluding hydrogens is 402 g/mol. The first-order chi connectivity index (χ1) is 14.5. The summed E-state index contributed by atoms with van der Waals surface area (Å²) in [4.78, 5) is 29.7. The number of fused-ring (bicyclic) bond motifs is 1. The number of ether oxygens (including phenoxy) is 1. The number of aryl methyl sites for hydroxylation is 1. The van der Waals surface area contributed by atoms with Crippen LogP contribution in [0.4, 0.5) is 0 Å². The average molecular weight is 426 g/mol. The Morgan fingerprint density at radius 3 is 2.53 bits per heavy atom. The van der Waals surface area contributed by atoms with Crippen molar-refractivity contribution in [1.29, 1.82) is 0 Å². The molecule has 4 rings (SSSR count). The first-order valence-corrected chi connectivity index (χ1v) is 10.3. The quantitative estimate of drug-likeness (QED) is 0.644. The Bertz CT molecular complexity index is 1150. The summed E-state index contributed by atoms with van der Waals surface area (Å²) in [5.41, 5.74) is 2.09. The molecule has 1 fully saturated rings. The molecule has 0 saturated carbocycles. The van der Waals surface area contributed by atoms with E-state index in [2.05, 4.69) is 4.90 Å². The fourth-order valence-corrected chi connectivity index (χ4v) is 4.17. The van der Waals surface area contributed by atoms with E-state index in [0.717, 1.165) is 35.3 Å². The lowest BCUT2D eigenvalue weighted by Gasteiger charge is -2.35. The predicted octanol–water partition coefficient (Wildman–Crippen LogP) is 3.16. The van der Waals surface area contributed by atoms with Crippen molar-refractivity contribution in [1.82, 2.24) is 14.4 Å². The number of benzene rings is 2. The van der Waals surface area contributed by atoms with Crippen LogP contribution in [-0.2, 0) is 13.6 Å². The zero-order valence-corrected chi connectivity index (χ0v) is 17.9. The molecule has 1 aromatic heterocycles. The van der Waals surface area contributed by atoms with Crippen LogP contribution in [0.15, 0.2) is 53.3 Å². The van der Waals surface area contributed by atoms with Crippen molar-refractivity contribution in [3.63, 3.8) is 0 Å². The number of pyridine rings is 1. The highest BCUT2D eigenvalue weighted by atomic mass is 35.5. The minimum absolute atomic E-state index is 0.0936. The standard InChI is InChI=1S/C23H24ClN3O3/c1-25-20-6-4-3-5-18(20)19(14-22(25)28)23(29)27-11-9-26(10-12-27)15-16-13-17(24)7-8-21(16)30-2/h3-8,13-14H,9-12,15H2,1-2H3. The second kappa shape index (κ2) is 8.50. The molecule has 156 valence electrons. The molecule has 1 aliphatic heterocycles. The van der Waals surface area contributed by atoms with Gasteiger partial charge in [-0.05, 0) is 24.3 Å². The SMILES string of the molecule is COc1ccc(Cl)cc1CN1CCN(C(=O)c2cc(=O)n(C)c3ccccc23)CC1. The topological polar surface area (TPSA) is 54.8 Å². The molecule has 3 aromatic rings. The summed E-state index contributed by atoms with van der Waals surface area (Å²) in [5, 5.41) is 1.48. The zero-order valence-electron chi connectivity index (χ0n) is 17.1. The van der Waals surface area contributed by atoms with Gasteiger partial charge in [0.05, 0.1) is 18.2 Å². The van der Waals surface area contributed by atoms with Crippen molar-refractivity contribution in [3.8, 4) is 5.75 Å². The van der Waals surface area contributed by atoms with Gasteiger partial charge in [0.15, 0.2) is 0 Å². The van der Waals surface area contributed by atoms with Crippen molar-refractivity contribution >= 4 is 28.4 Å². The molecule has 1 aliphatic rings. The molecule has 30 heavy (non-hydrogen) atoms. The smallest absolute Gasteiger partial charge is 0.254 e. The number of carbonyl (C=O) groups excluding carboxylic acids is 1. The summed E-state index contributed by atoms with van der Waals surface area (Å²) < 4.78 is 7.01. The third-order valence-corrected chi connectivity index (χ3v) is 5.92. The normalized spacial score (nSPS) is 14.8. The van der Waals surface area contributed by atoms with E-state index in [1.165, 1.54) is 6.07 Å². The molecule has 1 amide bonds. The van der Waals surface area contributed by atoms with Crippen molar-refractivity contribution in [3.05, 3.63) is 75.0 Å². The first kappa shape index (κ1) is 20.4. The summed E-state index contributed by atoms with van der Waals surface area (Å²) >= 11 is 6.14. The van der Waals surface area contributed by atoms with Gasteiger partial charge in [-0.3, -0.25) is 14.5 Å². The molecule has 6 nitrogen and oxygen atoms in total. The lowest BCUT2D eigenvalue weighted by atomic mass is 10.1. The monoisotopic (exact) mass is 425 g/mol. The van der Waals surface area contributed by atoms with Crippen LogP contribution in [0.2, 0.25) is 5.02 Å². The molecule has 0 N–H and O–H groups in total. The zero-order chi connectivity index (χ0) is 21.3. The summed E-state index contributed by atoms with van der Waals surface area (Å²) in [5.74, 6) is 0.716. The lowest BCUT2D eigenvalue weighted by Crippen LogP contribution is -2.48. The highest BCUT2D eigenvalue weighted by Gasteiger charge is 2.24. The third-order valence-electron chi connectivity index (χ3n) is 5.68. The number of piperazine rings is 1. The number of amides is 1. The highest BCUT2D eigenvalue weighted by Crippen LogP contribution is 2.25. The van der Waals surface area contributed by atoms with Gasteiger partial charge in [0.25, 0.3) is 11.5 Å². The maximum atomic E-state index is 13.2. The Kier molecular flexibility index (Phi) is 5.79. The number of halogens is 1. The molecule has 0 atom stereocenters. The first-order valence-electron chi connectivity index (χ1n) is 9.91. The van der Waals surface area contributed by atoms with Crippen LogP contribution in [0.5, 0.6) is 5.75 Å². The molecule has 0 aliphatic carbocycles. The van der Waals surface area contributed by atoms with E-state index in [0.29, 0.717) is 30.2 Å². The van der Waals surface area contributed by atoms with Crippen LogP contribution in [0, 0.1) is 0 Å². The van der Waals surface area contributed by atoms with Crippen LogP contribution in [0.25, 0.3) is 10.9 Å². The Morgan fingerprint density at radius 2 is 1.80 bits per heavy atom. The minimum atomic E-state index is -0.177. The number of hydrogen-bond acceptors (Lipinski definition) is 4. The van der Waals surface area contributed by atoms with Crippen LogP contribution in [0.1, 0.15) is 15.9 Å². The van der Waals surface area contributed by atoms with Crippen LogP contribution in [-0.4, -0.2) is 53.6 Å². The van der Waals surface area contributed by atoms with Gasteiger partial charge in [-0.2, -0.15) is 0 Å². The van der Waals surface area contributed by atoms with E-state index in [4.69, 9.17) is 16.3 Å². The minimum Gasteiger partial charge on any atom is -0.496 e. The van der Waals surface area contributed by atoms with Gasteiger partial charge < -0.3 is 14.2 Å². The highest BCUT2D eigenvalue weighted by molar-refractivity contribution is 6.30. The molecule has 0 bridgehead atoms. The Morgan fingerprint density at radius 1 is 1.07 bits per heavy atom. The lowest BCUT2D eigenvalue weighted by molar-refractivity contribution is 0.0629. The Balaban J connectivity index is 1.50. The number of methoxy groups -OCH3 is 1. The second-order valence-corrected chi connectivity index (χ2v) is 7.93. The van der Waals surface area contributed by atoms with Crippen LogP contribution in [0.3, 0.4) is 0 Å². The summed E-state index contributed by atoms with van der Waals surface area (Å²) in [6, 6.07) is 14.6. The second-order valence-electron chi connectivity index (χ2n) is 7.50. The Labute approximate surface area is 180 Å². The fourth-order valence-electron chi connectivity index (χ4n) is 3.98. The fraction of sp³-hybridized carbons (Fsp3) is 0.304. The van der Waals surface area contributed by atoms with E-state index in [9.17, 15) is 9.59 Å². The van der Waals surface area contributed by atoms with E-state index < -0.39 is 0 Å². The molecule has 0 unspecified atom stereocenters. The predicted molar refractivity (Wildman–Crippen MR) is 118 cm³/mol. The van der Waals surface area contributed by atoms with Crippen molar-refractivity contribution in [2.75, 3.05) is 33.3 Å². The number of rotatable bonds is 4.